The van der Waals surface area contributed by atoms with Crippen molar-refractivity contribution in [2.45, 2.75) is 38.1 Å². The maximum atomic E-state index is 12.3. The number of hydrogen-bond acceptors (Lipinski definition) is 4. The topological polar surface area (TPSA) is 73.2 Å². The van der Waals surface area contributed by atoms with Crippen molar-refractivity contribution in [3.8, 4) is 0 Å². The van der Waals surface area contributed by atoms with Gasteiger partial charge < -0.3 is 10.0 Å². The van der Waals surface area contributed by atoms with Gasteiger partial charge in [-0.15, -0.1) is 0 Å². The Morgan fingerprint density at radius 3 is 2.72 bits per heavy atom. The zero-order chi connectivity index (χ0) is 13.1. The lowest BCUT2D eigenvalue weighted by Crippen LogP contribution is -2.49. The minimum atomic E-state index is -0.131. The zero-order valence-corrected chi connectivity index (χ0v) is 10.6. The molecule has 6 heteroatoms. The molecule has 1 aliphatic heterocycles. The first-order valence-corrected chi connectivity index (χ1v) is 6.39. The molecular weight excluding hydrogens is 234 g/mol. The molecule has 2 amide bonds. The largest absolute Gasteiger partial charge is 0.395 e. The Morgan fingerprint density at radius 2 is 2.22 bits per heavy atom. The molecule has 6 nitrogen and oxygen atoms in total. The monoisotopic (exact) mass is 253 g/mol. The van der Waals surface area contributed by atoms with Crippen molar-refractivity contribution >= 4 is 17.5 Å². The fourth-order valence-electron chi connectivity index (χ4n) is 2.25. The van der Waals surface area contributed by atoms with Crippen molar-refractivity contribution in [3.63, 3.8) is 0 Å². The molecule has 0 aromatic carbocycles. The van der Waals surface area contributed by atoms with Crippen molar-refractivity contribution < 1.29 is 14.7 Å². The minimum absolute atomic E-state index is 0.0374. The smallest absolute Gasteiger partial charge is 0.270 e. The van der Waals surface area contributed by atoms with Gasteiger partial charge in [0.25, 0.3) is 5.91 Å². The van der Waals surface area contributed by atoms with Gasteiger partial charge in [0, 0.05) is 32.5 Å². The summed E-state index contributed by atoms with van der Waals surface area (Å²) in [5.41, 5.74) is 0.428. The molecule has 0 atom stereocenters. The van der Waals surface area contributed by atoms with E-state index in [4.69, 9.17) is 5.11 Å². The van der Waals surface area contributed by atoms with Crippen LogP contribution in [0, 0.1) is 0 Å². The molecule has 0 spiro atoms. The molecule has 0 saturated heterocycles. The van der Waals surface area contributed by atoms with Gasteiger partial charge in [0.05, 0.1) is 6.61 Å². The Balaban J connectivity index is 2.08. The average molecular weight is 253 g/mol. The maximum absolute atomic E-state index is 12.3. The number of hydrogen-bond donors (Lipinski definition) is 1. The van der Waals surface area contributed by atoms with Crippen LogP contribution in [0.5, 0.6) is 0 Å². The van der Waals surface area contributed by atoms with Crippen LogP contribution in [0.4, 0.5) is 0 Å². The number of aliphatic hydroxyl groups is 1. The van der Waals surface area contributed by atoms with E-state index < -0.39 is 0 Å². The number of hydrazone groups is 1. The van der Waals surface area contributed by atoms with Gasteiger partial charge in [-0.1, -0.05) is 0 Å². The maximum Gasteiger partial charge on any atom is 0.270 e. The summed E-state index contributed by atoms with van der Waals surface area (Å²) >= 11 is 0. The first-order chi connectivity index (χ1) is 8.63. The quantitative estimate of drug-likeness (QED) is 0.764. The highest BCUT2D eigenvalue weighted by molar-refractivity contribution is 6.39. The van der Waals surface area contributed by atoms with Gasteiger partial charge in [-0.3, -0.25) is 9.59 Å². The van der Waals surface area contributed by atoms with E-state index in [2.05, 4.69) is 5.10 Å². The van der Waals surface area contributed by atoms with Crippen molar-refractivity contribution in [2.75, 3.05) is 20.2 Å². The third kappa shape index (κ3) is 2.53. The molecule has 2 rings (SSSR count). The fourth-order valence-corrected chi connectivity index (χ4v) is 2.25. The average Bonchev–Trinajstić information content (AvgIpc) is 2.29. The lowest BCUT2D eigenvalue weighted by atomic mass is 9.91. The standard InChI is InChI=1S/C12H19N3O3/c1-14-11(17)6-5-10(13-14)12(18)15(7-8-16)9-3-2-4-9/h9,16H,2-8H2,1H3. The van der Waals surface area contributed by atoms with Crippen LogP contribution in [0.15, 0.2) is 5.10 Å². The number of aliphatic hydroxyl groups excluding tert-OH is 1. The molecule has 0 radical (unpaired) electrons. The van der Waals surface area contributed by atoms with Crippen LogP contribution in [-0.2, 0) is 9.59 Å². The third-order valence-corrected chi connectivity index (χ3v) is 3.57. The van der Waals surface area contributed by atoms with Crippen LogP contribution in [0.3, 0.4) is 0 Å². The van der Waals surface area contributed by atoms with E-state index in [0.29, 0.717) is 25.1 Å². The highest BCUT2D eigenvalue weighted by atomic mass is 16.3. The molecule has 1 aliphatic carbocycles. The Kier molecular flexibility index (Phi) is 3.96. The van der Waals surface area contributed by atoms with Crippen LogP contribution in [0.1, 0.15) is 32.1 Å². The molecular formula is C12H19N3O3. The van der Waals surface area contributed by atoms with Gasteiger partial charge in [-0.2, -0.15) is 5.10 Å². The Hall–Kier alpha value is -1.43. The number of amides is 2. The molecule has 18 heavy (non-hydrogen) atoms. The molecule has 0 aromatic rings. The Labute approximate surface area is 106 Å². The molecule has 1 fully saturated rings. The van der Waals surface area contributed by atoms with Gasteiger partial charge in [-0.25, -0.2) is 5.01 Å². The van der Waals surface area contributed by atoms with E-state index in [1.54, 1.807) is 11.9 Å². The van der Waals surface area contributed by atoms with Crippen molar-refractivity contribution in [3.05, 3.63) is 0 Å². The summed E-state index contributed by atoms with van der Waals surface area (Å²) in [5, 5.41) is 14.3. The number of carbonyl (C=O) groups is 2. The first-order valence-electron chi connectivity index (χ1n) is 6.39. The van der Waals surface area contributed by atoms with Crippen LogP contribution < -0.4 is 0 Å². The number of rotatable bonds is 4. The van der Waals surface area contributed by atoms with Crippen LogP contribution in [0.25, 0.3) is 0 Å². The van der Waals surface area contributed by atoms with Gasteiger partial charge in [0.1, 0.15) is 5.71 Å². The molecule has 1 saturated carbocycles. The molecule has 0 aromatic heterocycles. The van der Waals surface area contributed by atoms with E-state index in [9.17, 15) is 9.59 Å². The second kappa shape index (κ2) is 5.48. The summed E-state index contributed by atoms with van der Waals surface area (Å²) in [6.45, 7) is 0.310. The van der Waals surface area contributed by atoms with Gasteiger partial charge in [-0.05, 0) is 19.3 Å². The zero-order valence-electron chi connectivity index (χ0n) is 10.6. The molecule has 1 heterocycles. The normalized spacial score (nSPS) is 20.4. The summed E-state index contributed by atoms with van der Waals surface area (Å²) in [7, 11) is 1.56. The van der Waals surface area contributed by atoms with Gasteiger partial charge in [0.15, 0.2) is 0 Å². The highest BCUT2D eigenvalue weighted by Crippen LogP contribution is 2.25. The molecule has 2 aliphatic rings. The second-order valence-electron chi connectivity index (χ2n) is 4.77. The number of nitrogens with zero attached hydrogens (tertiary/aromatic N) is 3. The summed E-state index contributed by atoms with van der Waals surface area (Å²) < 4.78 is 0. The van der Waals surface area contributed by atoms with Crippen molar-refractivity contribution in [1.29, 1.82) is 0 Å². The van der Waals surface area contributed by atoms with Gasteiger partial charge >= 0.3 is 0 Å². The highest BCUT2D eigenvalue weighted by Gasteiger charge is 2.32. The Bertz CT molecular complexity index is 377. The lowest BCUT2D eigenvalue weighted by Gasteiger charge is -2.37. The Morgan fingerprint density at radius 1 is 1.50 bits per heavy atom. The minimum Gasteiger partial charge on any atom is -0.395 e. The van der Waals surface area contributed by atoms with Crippen LogP contribution in [-0.4, -0.2) is 58.8 Å². The van der Waals surface area contributed by atoms with E-state index >= 15 is 0 Å². The lowest BCUT2D eigenvalue weighted by molar-refractivity contribution is -0.131. The third-order valence-electron chi connectivity index (χ3n) is 3.57. The summed E-state index contributed by atoms with van der Waals surface area (Å²) in [6.07, 6.45) is 3.85. The molecule has 0 bridgehead atoms. The van der Waals surface area contributed by atoms with E-state index in [-0.39, 0.29) is 24.5 Å². The summed E-state index contributed by atoms with van der Waals surface area (Å²) in [5.74, 6) is -0.197. The van der Waals surface area contributed by atoms with Crippen molar-refractivity contribution in [2.24, 2.45) is 5.10 Å². The van der Waals surface area contributed by atoms with E-state index in [1.165, 1.54) is 5.01 Å². The summed E-state index contributed by atoms with van der Waals surface area (Å²) in [6, 6.07) is 0.232. The van der Waals surface area contributed by atoms with Gasteiger partial charge in [0.2, 0.25) is 5.91 Å². The summed E-state index contributed by atoms with van der Waals surface area (Å²) in [4.78, 5) is 25.3. The van der Waals surface area contributed by atoms with E-state index in [1.807, 2.05) is 0 Å². The predicted molar refractivity (Wildman–Crippen MR) is 65.9 cm³/mol. The van der Waals surface area contributed by atoms with Crippen molar-refractivity contribution in [1.82, 2.24) is 9.91 Å². The first kappa shape index (κ1) is 13.0. The van der Waals surface area contributed by atoms with Crippen LogP contribution >= 0.6 is 0 Å². The second-order valence-corrected chi connectivity index (χ2v) is 4.77. The molecule has 100 valence electrons. The number of carbonyl (C=O) groups excluding carboxylic acids is 2. The fraction of sp³-hybridized carbons (Fsp3) is 0.750. The molecule has 1 N–H and O–H groups in total. The predicted octanol–water partition coefficient (Wildman–Crippen LogP) is -0.0320. The van der Waals surface area contributed by atoms with E-state index in [0.717, 1.165) is 19.3 Å². The molecule has 0 unspecified atom stereocenters. The SMILES string of the molecule is CN1N=C(C(=O)N(CCO)C2CCC2)CCC1=O. The van der Waals surface area contributed by atoms with Crippen LogP contribution in [0.2, 0.25) is 0 Å².